The van der Waals surface area contributed by atoms with Gasteiger partial charge in [-0.05, 0) is 0 Å². The van der Waals surface area contributed by atoms with Gasteiger partial charge in [0.05, 0.1) is 0 Å². The van der Waals surface area contributed by atoms with E-state index in [1.807, 2.05) is 0 Å². The monoisotopic (exact) mass is 234 g/mol. The highest BCUT2D eigenvalue weighted by molar-refractivity contribution is 5.91. The molecule has 2 aromatic heterocycles. The normalized spacial score (nSPS) is 14.6. The molecule has 7 nitrogen and oxygen atoms in total. The Kier molecular flexibility index (Phi) is 1.73. The van der Waals surface area contributed by atoms with Gasteiger partial charge in [0.25, 0.3) is 5.56 Å². The topological polar surface area (TPSA) is 78.9 Å². The van der Waals surface area contributed by atoms with E-state index in [-0.39, 0.29) is 17.1 Å². The number of carbonyl (C=O) groups is 1. The Morgan fingerprint density at radius 2 is 1.76 bits per heavy atom. The van der Waals surface area contributed by atoms with Gasteiger partial charge >= 0.3 is 5.69 Å². The van der Waals surface area contributed by atoms with Crippen LogP contribution >= 0.6 is 0 Å². The standard InChI is InChI=1S/C10H10N4O3/c1-12-8-7(9(16)13(2)10(12)17)14-5(11-8)3-4-6(14)15/h3-4H2,1-2H3. The van der Waals surface area contributed by atoms with Gasteiger partial charge in [0.1, 0.15) is 5.82 Å². The summed E-state index contributed by atoms with van der Waals surface area (Å²) in [5.41, 5.74) is -0.433. The Balaban J connectivity index is 2.65. The predicted molar refractivity (Wildman–Crippen MR) is 59.2 cm³/mol. The van der Waals surface area contributed by atoms with E-state index in [9.17, 15) is 14.4 Å². The van der Waals surface area contributed by atoms with Crippen molar-refractivity contribution in [2.75, 3.05) is 0 Å². The molecule has 0 saturated heterocycles. The molecule has 1 aliphatic rings. The fourth-order valence-electron chi connectivity index (χ4n) is 2.21. The highest BCUT2D eigenvalue weighted by Gasteiger charge is 2.27. The molecule has 0 radical (unpaired) electrons. The number of aromatic nitrogens is 4. The first kappa shape index (κ1) is 10.0. The summed E-state index contributed by atoms with van der Waals surface area (Å²) in [7, 11) is 2.93. The smallest absolute Gasteiger partial charge is 0.279 e. The molecular formula is C10H10N4O3. The summed E-state index contributed by atoms with van der Waals surface area (Å²) >= 11 is 0. The summed E-state index contributed by atoms with van der Waals surface area (Å²) in [4.78, 5) is 39.6. The molecule has 2 aromatic rings. The highest BCUT2D eigenvalue weighted by Crippen LogP contribution is 2.18. The first-order valence-corrected chi connectivity index (χ1v) is 5.23. The van der Waals surface area contributed by atoms with Crippen molar-refractivity contribution in [1.82, 2.24) is 18.7 Å². The number of imidazole rings is 1. The molecule has 0 spiro atoms. The van der Waals surface area contributed by atoms with Crippen LogP contribution in [-0.4, -0.2) is 24.6 Å². The molecule has 1 aliphatic heterocycles. The summed E-state index contributed by atoms with van der Waals surface area (Å²) in [5, 5.41) is 0. The van der Waals surface area contributed by atoms with Gasteiger partial charge in [0, 0.05) is 26.9 Å². The van der Waals surface area contributed by atoms with Crippen LogP contribution in [0.1, 0.15) is 17.0 Å². The van der Waals surface area contributed by atoms with Crippen molar-refractivity contribution in [3.63, 3.8) is 0 Å². The first-order valence-electron chi connectivity index (χ1n) is 5.23. The maximum atomic E-state index is 12.0. The van der Waals surface area contributed by atoms with Crippen molar-refractivity contribution < 1.29 is 4.79 Å². The lowest BCUT2D eigenvalue weighted by atomic mass is 10.3. The second-order valence-corrected chi connectivity index (χ2v) is 4.14. The summed E-state index contributed by atoms with van der Waals surface area (Å²) in [6.45, 7) is 0. The van der Waals surface area contributed by atoms with Crippen LogP contribution in [0, 0.1) is 0 Å². The zero-order valence-corrected chi connectivity index (χ0v) is 9.43. The van der Waals surface area contributed by atoms with Crippen LogP contribution in [0.3, 0.4) is 0 Å². The molecule has 0 fully saturated rings. The lowest BCUT2D eigenvalue weighted by molar-refractivity contribution is 0.0928. The number of hydrogen-bond donors (Lipinski definition) is 0. The van der Waals surface area contributed by atoms with Gasteiger partial charge in [-0.15, -0.1) is 0 Å². The zero-order chi connectivity index (χ0) is 12.3. The van der Waals surface area contributed by atoms with Gasteiger partial charge < -0.3 is 0 Å². The molecule has 0 amide bonds. The number of nitrogens with zero attached hydrogens (tertiary/aromatic N) is 4. The average Bonchev–Trinajstić information content (AvgIpc) is 2.84. The van der Waals surface area contributed by atoms with E-state index in [0.717, 1.165) is 4.57 Å². The molecule has 3 rings (SSSR count). The van der Waals surface area contributed by atoms with E-state index in [2.05, 4.69) is 4.98 Å². The van der Waals surface area contributed by atoms with E-state index < -0.39 is 11.2 Å². The fourth-order valence-corrected chi connectivity index (χ4v) is 2.21. The van der Waals surface area contributed by atoms with Gasteiger partial charge in [0.15, 0.2) is 11.2 Å². The summed E-state index contributed by atoms with van der Waals surface area (Å²) in [6, 6.07) is 0. The van der Waals surface area contributed by atoms with Gasteiger partial charge in [-0.2, -0.15) is 0 Å². The Bertz CT molecular complexity index is 777. The van der Waals surface area contributed by atoms with Crippen LogP contribution in [0.5, 0.6) is 0 Å². The third-order valence-electron chi connectivity index (χ3n) is 3.14. The molecule has 17 heavy (non-hydrogen) atoms. The van der Waals surface area contributed by atoms with E-state index >= 15 is 0 Å². The maximum Gasteiger partial charge on any atom is 0.332 e. The number of rotatable bonds is 0. The minimum absolute atomic E-state index is 0.141. The number of aryl methyl sites for hydroxylation is 2. The van der Waals surface area contributed by atoms with Crippen LogP contribution in [-0.2, 0) is 20.5 Å². The quantitative estimate of drug-likeness (QED) is 0.587. The molecule has 0 N–H and O–H groups in total. The fraction of sp³-hybridized carbons (Fsp3) is 0.400. The Labute approximate surface area is 94.9 Å². The Morgan fingerprint density at radius 3 is 2.47 bits per heavy atom. The minimum Gasteiger partial charge on any atom is -0.279 e. The van der Waals surface area contributed by atoms with Gasteiger partial charge in [0.2, 0.25) is 5.91 Å². The number of fused-ring (bicyclic) bond motifs is 3. The van der Waals surface area contributed by atoms with Crippen molar-refractivity contribution in [1.29, 1.82) is 0 Å². The SMILES string of the molecule is Cn1c(=O)c2c(nc3n2C(=O)CC3)n(C)c1=O. The first-order chi connectivity index (χ1) is 8.02. The third-order valence-corrected chi connectivity index (χ3v) is 3.14. The van der Waals surface area contributed by atoms with Crippen molar-refractivity contribution in [2.45, 2.75) is 12.8 Å². The van der Waals surface area contributed by atoms with Crippen LogP contribution in [0.4, 0.5) is 0 Å². The number of carbonyl (C=O) groups excluding carboxylic acids is 1. The van der Waals surface area contributed by atoms with Crippen LogP contribution in [0.25, 0.3) is 11.2 Å². The Morgan fingerprint density at radius 1 is 1.06 bits per heavy atom. The van der Waals surface area contributed by atoms with Crippen LogP contribution in [0.2, 0.25) is 0 Å². The summed E-state index contributed by atoms with van der Waals surface area (Å²) < 4.78 is 3.61. The molecule has 0 atom stereocenters. The lowest BCUT2D eigenvalue weighted by Crippen LogP contribution is -2.37. The molecule has 0 aromatic carbocycles. The molecule has 7 heteroatoms. The largest absolute Gasteiger partial charge is 0.332 e. The van der Waals surface area contributed by atoms with Crippen molar-refractivity contribution >= 4 is 17.1 Å². The van der Waals surface area contributed by atoms with Gasteiger partial charge in [-0.1, -0.05) is 0 Å². The second kappa shape index (κ2) is 2.93. The van der Waals surface area contributed by atoms with Crippen LogP contribution in [0.15, 0.2) is 9.59 Å². The lowest BCUT2D eigenvalue weighted by Gasteiger charge is -2.03. The molecule has 88 valence electrons. The number of hydrogen-bond acceptors (Lipinski definition) is 4. The summed E-state index contributed by atoms with van der Waals surface area (Å²) in [6.07, 6.45) is 0.884. The molecule has 0 saturated carbocycles. The highest BCUT2D eigenvalue weighted by atomic mass is 16.2. The van der Waals surface area contributed by atoms with Gasteiger partial charge in [-0.3, -0.25) is 23.3 Å². The molecule has 0 bridgehead atoms. The minimum atomic E-state index is -0.475. The second-order valence-electron chi connectivity index (χ2n) is 4.14. The van der Waals surface area contributed by atoms with E-state index in [4.69, 9.17) is 0 Å². The van der Waals surface area contributed by atoms with Crippen LogP contribution < -0.4 is 11.2 Å². The molecular weight excluding hydrogens is 224 g/mol. The van der Waals surface area contributed by atoms with Crippen molar-refractivity contribution in [3.05, 3.63) is 26.7 Å². The van der Waals surface area contributed by atoms with Crippen molar-refractivity contribution in [2.24, 2.45) is 14.1 Å². The predicted octanol–water partition coefficient (Wildman–Crippen LogP) is -0.980. The molecule has 0 unspecified atom stereocenters. The Hall–Kier alpha value is -2.18. The zero-order valence-electron chi connectivity index (χ0n) is 9.43. The maximum absolute atomic E-state index is 12.0. The van der Waals surface area contributed by atoms with Crippen molar-refractivity contribution in [3.8, 4) is 0 Å². The summed E-state index contributed by atoms with van der Waals surface area (Å²) in [5.74, 6) is 0.418. The average molecular weight is 234 g/mol. The molecule has 0 aliphatic carbocycles. The van der Waals surface area contributed by atoms with E-state index in [0.29, 0.717) is 18.7 Å². The van der Waals surface area contributed by atoms with E-state index in [1.165, 1.54) is 23.2 Å². The molecule has 3 heterocycles. The van der Waals surface area contributed by atoms with E-state index in [1.54, 1.807) is 0 Å². The third kappa shape index (κ3) is 1.05. The van der Waals surface area contributed by atoms with Gasteiger partial charge in [-0.25, -0.2) is 9.78 Å².